The fraction of sp³-hybridized carbons (Fsp3) is 0.261. The molecule has 1 amide bonds. The summed E-state index contributed by atoms with van der Waals surface area (Å²) in [5.74, 6) is 0.850. The number of nitrogens with one attached hydrogen (secondary N) is 1. The number of nitrogens with zero attached hydrogens (tertiary/aromatic N) is 5. The maximum absolute atomic E-state index is 13.5. The molecule has 0 saturated heterocycles. The number of fused-ring (bicyclic) bond motifs is 5. The Balaban J connectivity index is 1.49. The molecule has 0 saturated carbocycles. The number of aryl methyl sites for hydroxylation is 2. The first-order chi connectivity index (χ1) is 16.2. The third-order valence-corrected chi connectivity index (χ3v) is 7.24. The standard InChI is InChI=1S/C23H20N6O3S/c30-18(25-12-15-4-3-11-32-15)13-28-22-19(16-5-1-2-6-17(16)33-22)21-26-20(27-29(21)23(28)31)14-7-9-24-10-8-14/h3-4,7-11H,1-2,5-6,12-13H2,(H,25,30). The number of hydrogen-bond acceptors (Lipinski definition) is 7. The van der Waals surface area contributed by atoms with Gasteiger partial charge in [-0.25, -0.2) is 9.78 Å². The van der Waals surface area contributed by atoms with Crippen LogP contribution in [-0.4, -0.2) is 30.1 Å². The summed E-state index contributed by atoms with van der Waals surface area (Å²) < 4.78 is 8.13. The number of furan rings is 1. The van der Waals surface area contributed by atoms with Crippen molar-refractivity contribution in [1.82, 2.24) is 29.5 Å². The number of hydrogen-bond donors (Lipinski definition) is 1. The van der Waals surface area contributed by atoms with Gasteiger partial charge in [-0.3, -0.25) is 14.3 Å². The first kappa shape index (κ1) is 19.9. The molecule has 9 nitrogen and oxygen atoms in total. The molecular formula is C23H20N6O3S. The van der Waals surface area contributed by atoms with Crippen LogP contribution in [0.15, 0.2) is 52.1 Å². The maximum atomic E-state index is 13.5. The number of carbonyl (C=O) groups is 1. The van der Waals surface area contributed by atoms with Crippen molar-refractivity contribution in [2.75, 3.05) is 0 Å². The van der Waals surface area contributed by atoms with Crippen molar-refractivity contribution in [3.05, 3.63) is 69.6 Å². The zero-order valence-corrected chi connectivity index (χ0v) is 18.5. The Labute approximate surface area is 191 Å². The van der Waals surface area contributed by atoms with Gasteiger partial charge in [-0.05, 0) is 55.5 Å². The fourth-order valence-corrected chi connectivity index (χ4v) is 5.72. The van der Waals surface area contributed by atoms with Gasteiger partial charge in [-0.15, -0.1) is 16.4 Å². The summed E-state index contributed by atoms with van der Waals surface area (Å²) in [5.41, 5.74) is 2.18. The lowest BCUT2D eigenvalue weighted by Gasteiger charge is -2.11. The Hall–Kier alpha value is -3.79. The Morgan fingerprint density at radius 3 is 2.85 bits per heavy atom. The van der Waals surface area contributed by atoms with E-state index in [1.165, 1.54) is 19.5 Å². The summed E-state index contributed by atoms with van der Waals surface area (Å²) in [7, 11) is 0. The second kappa shape index (κ2) is 7.96. The zero-order chi connectivity index (χ0) is 22.4. The van der Waals surface area contributed by atoms with E-state index < -0.39 is 0 Å². The summed E-state index contributed by atoms with van der Waals surface area (Å²) >= 11 is 1.59. The smallest absolute Gasteiger partial charge is 0.352 e. The van der Waals surface area contributed by atoms with E-state index in [0.717, 1.165) is 41.5 Å². The van der Waals surface area contributed by atoms with Crippen molar-refractivity contribution in [2.45, 2.75) is 38.8 Å². The SMILES string of the molecule is O=C(Cn1c(=O)n2nc(-c3ccncc3)nc2c2c3c(sc21)CCCC3)NCc1ccco1. The number of carbonyl (C=O) groups excluding carboxylic acids is 1. The summed E-state index contributed by atoms with van der Waals surface area (Å²) in [6.07, 6.45) is 9.04. The molecule has 0 aromatic carbocycles. The Morgan fingerprint density at radius 2 is 2.03 bits per heavy atom. The highest BCUT2D eigenvalue weighted by Crippen LogP contribution is 2.37. The normalized spacial score (nSPS) is 13.5. The highest BCUT2D eigenvalue weighted by Gasteiger charge is 2.25. The van der Waals surface area contributed by atoms with Gasteiger partial charge in [0.25, 0.3) is 0 Å². The van der Waals surface area contributed by atoms with Gasteiger partial charge in [-0.2, -0.15) is 4.52 Å². The lowest BCUT2D eigenvalue weighted by atomic mass is 9.97. The van der Waals surface area contributed by atoms with E-state index in [4.69, 9.17) is 9.40 Å². The molecule has 1 aliphatic carbocycles. The van der Waals surface area contributed by atoms with Crippen LogP contribution < -0.4 is 11.0 Å². The molecule has 1 aliphatic rings. The first-order valence-corrected chi connectivity index (χ1v) is 11.6. The highest BCUT2D eigenvalue weighted by molar-refractivity contribution is 7.19. The van der Waals surface area contributed by atoms with E-state index in [9.17, 15) is 9.59 Å². The highest BCUT2D eigenvalue weighted by atomic mass is 32.1. The zero-order valence-electron chi connectivity index (χ0n) is 17.7. The van der Waals surface area contributed by atoms with Crippen LogP contribution in [0.5, 0.6) is 0 Å². The number of pyridine rings is 1. The molecule has 166 valence electrons. The summed E-state index contributed by atoms with van der Waals surface area (Å²) in [6.45, 7) is 0.165. The average molecular weight is 461 g/mol. The molecule has 0 atom stereocenters. The first-order valence-electron chi connectivity index (χ1n) is 10.8. The number of amides is 1. The maximum Gasteiger partial charge on any atom is 0.352 e. The molecule has 5 heterocycles. The predicted molar refractivity (Wildman–Crippen MR) is 123 cm³/mol. The molecule has 1 N–H and O–H groups in total. The second-order valence-corrected chi connectivity index (χ2v) is 9.11. The molecule has 10 heteroatoms. The minimum atomic E-state index is -0.378. The molecule has 0 aliphatic heterocycles. The van der Waals surface area contributed by atoms with E-state index >= 15 is 0 Å². The van der Waals surface area contributed by atoms with E-state index in [0.29, 0.717) is 17.2 Å². The monoisotopic (exact) mass is 460 g/mol. The van der Waals surface area contributed by atoms with Crippen molar-refractivity contribution in [3.63, 3.8) is 0 Å². The van der Waals surface area contributed by atoms with Gasteiger partial charge >= 0.3 is 5.69 Å². The van der Waals surface area contributed by atoms with Crippen LogP contribution in [0.4, 0.5) is 0 Å². The average Bonchev–Trinajstić information content (AvgIpc) is 3.59. The molecule has 33 heavy (non-hydrogen) atoms. The molecular weight excluding hydrogens is 440 g/mol. The van der Waals surface area contributed by atoms with Crippen molar-refractivity contribution in [2.24, 2.45) is 0 Å². The molecule has 0 radical (unpaired) electrons. The van der Waals surface area contributed by atoms with Gasteiger partial charge in [0.2, 0.25) is 5.91 Å². The molecule has 0 spiro atoms. The van der Waals surface area contributed by atoms with Crippen molar-refractivity contribution in [1.29, 1.82) is 0 Å². The van der Waals surface area contributed by atoms with Crippen LogP contribution in [0.1, 0.15) is 29.0 Å². The van der Waals surface area contributed by atoms with Crippen LogP contribution in [0.2, 0.25) is 0 Å². The van der Waals surface area contributed by atoms with Crippen LogP contribution >= 0.6 is 11.3 Å². The topological polar surface area (TPSA) is 107 Å². The number of thiophene rings is 1. The van der Waals surface area contributed by atoms with Crippen molar-refractivity contribution >= 4 is 33.1 Å². The number of rotatable bonds is 5. The molecule has 5 aromatic heterocycles. The largest absolute Gasteiger partial charge is 0.467 e. The minimum Gasteiger partial charge on any atom is -0.467 e. The van der Waals surface area contributed by atoms with E-state index in [1.54, 1.807) is 42.1 Å². The van der Waals surface area contributed by atoms with Crippen molar-refractivity contribution < 1.29 is 9.21 Å². The lowest BCUT2D eigenvalue weighted by molar-refractivity contribution is -0.121. The third kappa shape index (κ3) is 3.43. The van der Waals surface area contributed by atoms with Gasteiger partial charge in [-0.1, -0.05) is 0 Å². The molecule has 0 unspecified atom stereocenters. The molecule has 5 aromatic rings. The van der Waals surface area contributed by atoms with Crippen LogP contribution in [0.3, 0.4) is 0 Å². The second-order valence-electron chi connectivity index (χ2n) is 8.02. The van der Waals surface area contributed by atoms with Gasteiger partial charge in [0, 0.05) is 22.8 Å². The van der Waals surface area contributed by atoms with Crippen LogP contribution in [0, 0.1) is 0 Å². The Kier molecular flexibility index (Phi) is 4.79. The van der Waals surface area contributed by atoms with E-state index in [-0.39, 0.29) is 24.7 Å². The van der Waals surface area contributed by atoms with Gasteiger partial charge in [0.15, 0.2) is 11.5 Å². The third-order valence-electron chi connectivity index (χ3n) is 5.92. The predicted octanol–water partition coefficient (Wildman–Crippen LogP) is 2.96. The minimum absolute atomic E-state index is 0.101. The lowest BCUT2D eigenvalue weighted by Crippen LogP contribution is -2.34. The Bertz CT molecular complexity index is 1530. The van der Waals surface area contributed by atoms with Gasteiger partial charge in [0.05, 0.1) is 18.2 Å². The van der Waals surface area contributed by atoms with E-state index in [1.807, 2.05) is 12.1 Å². The summed E-state index contributed by atoms with van der Waals surface area (Å²) in [4.78, 5) is 37.1. The Morgan fingerprint density at radius 1 is 1.18 bits per heavy atom. The number of aromatic nitrogens is 5. The summed E-state index contributed by atoms with van der Waals surface area (Å²) in [6, 6.07) is 7.19. The molecule has 0 bridgehead atoms. The van der Waals surface area contributed by atoms with Crippen molar-refractivity contribution in [3.8, 4) is 11.4 Å². The van der Waals surface area contributed by atoms with Crippen LogP contribution in [-0.2, 0) is 30.7 Å². The molecule has 6 rings (SSSR count). The molecule has 0 fully saturated rings. The van der Waals surface area contributed by atoms with Gasteiger partial charge in [0.1, 0.15) is 17.1 Å². The fourth-order valence-electron chi connectivity index (χ4n) is 4.34. The van der Waals surface area contributed by atoms with Gasteiger partial charge < -0.3 is 9.73 Å². The summed E-state index contributed by atoms with van der Waals surface area (Å²) in [5, 5.41) is 8.28. The quantitative estimate of drug-likeness (QED) is 0.432. The van der Waals surface area contributed by atoms with E-state index in [2.05, 4.69) is 15.4 Å². The van der Waals surface area contributed by atoms with Crippen LogP contribution in [0.25, 0.3) is 27.3 Å².